The van der Waals surface area contributed by atoms with Gasteiger partial charge in [0.1, 0.15) is 5.82 Å². The molecule has 0 fully saturated rings. The zero-order valence-electron chi connectivity index (χ0n) is 11.9. The highest BCUT2D eigenvalue weighted by molar-refractivity contribution is 5.41. The molecule has 0 aliphatic carbocycles. The fraction of sp³-hybridized carbons (Fsp3) is 0.385. The van der Waals surface area contributed by atoms with Crippen LogP contribution in [0.25, 0.3) is 0 Å². The number of rotatable bonds is 5. The van der Waals surface area contributed by atoms with Gasteiger partial charge < -0.3 is 10.2 Å². The Morgan fingerprint density at radius 1 is 1.30 bits per heavy atom. The summed E-state index contributed by atoms with van der Waals surface area (Å²) in [6, 6.07) is 1.58. The first-order valence-corrected chi connectivity index (χ1v) is 6.41. The molecule has 0 atom stereocenters. The summed E-state index contributed by atoms with van der Waals surface area (Å²) >= 11 is 0. The van der Waals surface area contributed by atoms with Crippen LogP contribution >= 0.6 is 0 Å². The van der Waals surface area contributed by atoms with Crippen molar-refractivity contribution in [2.45, 2.75) is 13.5 Å². The minimum absolute atomic E-state index is 0.151. The maximum Gasteiger partial charge on any atom is 0.269 e. The number of hydrogen-bond acceptors (Lipinski definition) is 6. The Bertz CT molecular complexity index is 622. The van der Waals surface area contributed by atoms with Gasteiger partial charge in [-0.15, -0.1) is 0 Å². The highest BCUT2D eigenvalue weighted by Crippen LogP contribution is 2.06. The lowest BCUT2D eigenvalue weighted by atomic mass is 10.4. The van der Waals surface area contributed by atoms with Gasteiger partial charge in [-0.1, -0.05) is 0 Å². The smallest absolute Gasteiger partial charge is 0.269 e. The van der Waals surface area contributed by atoms with Crippen molar-refractivity contribution in [1.29, 1.82) is 0 Å². The Labute approximate surface area is 117 Å². The Kier molecular flexibility index (Phi) is 4.29. The summed E-state index contributed by atoms with van der Waals surface area (Å²) in [7, 11) is 3.70. The van der Waals surface area contributed by atoms with Crippen molar-refractivity contribution >= 4 is 11.5 Å². The Hall–Kier alpha value is -2.44. The van der Waals surface area contributed by atoms with Crippen LogP contribution in [0, 0.1) is 0 Å². The van der Waals surface area contributed by atoms with Crippen LogP contribution in [0.1, 0.15) is 12.6 Å². The summed E-state index contributed by atoms with van der Waals surface area (Å²) in [5.74, 6) is 0.689. The van der Waals surface area contributed by atoms with E-state index in [4.69, 9.17) is 0 Å². The third-order valence-corrected chi connectivity index (χ3v) is 3.04. The van der Waals surface area contributed by atoms with Gasteiger partial charge in [-0.2, -0.15) is 5.10 Å². The first-order valence-electron chi connectivity index (χ1n) is 6.41. The summed E-state index contributed by atoms with van der Waals surface area (Å²) in [5, 5.41) is 7.06. The predicted octanol–water partition coefficient (Wildman–Crippen LogP) is 0.579. The summed E-state index contributed by atoms with van der Waals surface area (Å²) < 4.78 is 1.37. The highest BCUT2D eigenvalue weighted by Gasteiger charge is 2.05. The van der Waals surface area contributed by atoms with Crippen molar-refractivity contribution in [1.82, 2.24) is 19.7 Å². The lowest BCUT2D eigenvalue weighted by molar-refractivity contribution is 0.625. The summed E-state index contributed by atoms with van der Waals surface area (Å²) in [4.78, 5) is 22.3. The summed E-state index contributed by atoms with van der Waals surface area (Å²) in [5.41, 5.74) is 1.35. The summed E-state index contributed by atoms with van der Waals surface area (Å²) in [6.07, 6.45) is 4.94. The predicted molar refractivity (Wildman–Crippen MR) is 78.1 cm³/mol. The van der Waals surface area contributed by atoms with Crippen LogP contribution in [-0.4, -0.2) is 40.4 Å². The molecule has 0 aromatic carbocycles. The maximum atomic E-state index is 12.0. The van der Waals surface area contributed by atoms with Crippen LogP contribution in [0.15, 0.2) is 29.5 Å². The second-order valence-electron chi connectivity index (χ2n) is 4.37. The first-order chi connectivity index (χ1) is 9.63. The summed E-state index contributed by atoms with van der Waals surface area (Å²) in [6.45, 7) is 3.15. The van der Waals surface area contributed by atoms with E-state index in [0.717, 1.165) is 12.2 Å². The van der Waals surface area contributed by atoms with Crippen LogP contribution in [0.5, 0.6) is 0 Å². The van der Waals surface area contributed by atoms with E-state index in [1.807, 2.05) is 18.9 Å². The van der Waals surface area contributed by atoms with Crippen LogP contribution in [0.4, 0.5) is 11.5 Å². The van der Waals surface area contributed by atoms with Crippen molar-refractivity contribution in [2.24, 2.45) is 0 Å². The minimum atomic E-state index is -0.151. The van der Waals surface area contributed by atoms with Crippen molar-refractivity contribution in [3.05, 3.63) is 40.7 Å². The molecule has 0 bridgehead atoms. The van der Waals surface area contributed by atoms with Gasteiger partial charge >= 0.3 is 0 Å². The van der Waals surface area contributed by atoms with Gasteiger partial charge in [0.2, 0.25) is 0 Å². The van der Waals surface area contributed by atoms with Crippen molar-refractivity contribution in [3.63, 3.8) is 0 Å². The quantitative estimate of drug-likeness (QED) is 0.859. The van der Waals surface area contributed by atoms with Crippen molar-refractivity contribution < 1.29 is 0 Å². The molecule has 7 nitrogen and oxygen atoms in total. The molecule has 106 valence electrons. The molecule has 1 N–H and O–H groups in total. The second-order valence-corrected chi connectivity index (χ2v) is 4.37. The molecule has 0 saturated heterocycles. The SMILES string of the molecule is CCN(C)c1cnn(Cc2cnc(NC)cn2)c(=O)c1. The molecule has 0 saturated carbocycles. The van der Waals surface area contributed by atoms with E-state index in [2.05, 4.69) is 20.4 Å². The molecular weight excluding hydrogens is 256 g/mol. The Balaban J connectivity index is 2.19. The van der Waals surface area contributed by atoms with Gasteiger partial charge in [0.15, 0.2) is 0 Å². The molecule has 2 heterocycles. The van der Waals surface area contributed by atoms with E-state index in [9.17, 15) is 4.79 Å². The van der Waals surface area contributed by atoms with Gasteiger partial charge in [0.05, 0.1) is 36.5 Å². The molecule has 0 amide bonds. The fourth-order valence-electron chi connectivity index (χ4n) is 1.65. The lowest BCUT2D eigenvalue weighted by Gasteiger charge is -2.16. The van der Waals surface area contributed by atoms with Gasteiger partial charge in [0, 0.05) is 26.7 Å². The third kappa shape index (κ3) is 3.11. The average molecular weight is 274 g/mol. The molecule has 0 unspecified atom stereocenters. The largest absolute Gasteiger partial charge is 0.373 e. The fourth-order valence-corrected chi connectivity index (χ4v) is 1.65. The van der Waals surface area contributed by atoms with E-state index in [1.165, 1.54) is 4.68 Å². The number of nitrogens with zero attached hydrogens (tertiary/aromatic N) is 5. The van der Waals surface area contributed by atoms with E-state index in [-0.39, 0.29) is 5.56 Å². The number of anilines is 2. The molecule has 0 radical (unpaired) electrons. The molecule has 2 aromatic heterocycles. The van der Waals surface area contributed by atoms with Crippen LogP contribution < -0.4 is 15.8 Å². The second kappa shape index (κ2) is 6.14. The standard InChI is InChI=1S/C13H18N6O/c1-4-18(3)11-5-13(20)19(17-7-11)9-10-6-16-12(14-2)8-15-10/h5-8H,4,9H2,1-3H3,(H,14,16). The number of aromatic nitrogens is 4. The maximum absolute atomic E-state index is 12.0. The number of nitrogens with one attached hydrogen (secondary N) is 1. The van der Waals surface area contributed by atoms with E-state index in [0.29, 0.717) is 18.1 Å². The Morgan fingerprint density at radius 3 is 2.65 bits per heavy atom. The molecular formula is C13H18N6O. The molecule has 7 heteroatoms. The lowest BCUT2D eigenvalue weighted by Crippen LogP contribution is -2.26. The zero-order valence-corrected chi connectivity index (χ0v) is 11.9. The topological polar surface area (TPSA) is 75.9 Å². The molecule has 2 aromatic rings. The molecule has 0 aliphatic heterocycles. The first kappa shape index (κ1) is 14.0. The van der Waals surface area contributed by atoms with Crippen LogP contribution in [-0.2, 0) is 6.54 Å². The molecule has 0 spiro atoms. The van der Waals surface area contributed by atoms with Crippen LogP contribution in [0.3, 0.4) is 0 Å². The van der Waals surface area contributed by atoms with E-state index < -0.39 is 0 Å². The van der Waals surface area contributed by atoms with E-state index >= 15 is 0 Å². The monoisotopic (exact) mass is 274 g/mol. The molecule has 20 heavy (non-hydrogen) atoms. The zero-order chi connectivity index (χ0) is 14.5. The Morgan fingerprint density at radius 2 is 2.10 bits per heavy atom. The molecule has 2 rings (SSSR count). The van der Waals surface area contributed by atoms with Crippen molar-refractivity contribution in [2.75, 3.05) is 30.9 Å². The minimum Gasteiger partial charge on any atom is -0.373 e. The average Bonchev–Trinajstić information content (AvgIpc) is 2.49. The van der Waals surface area contributed by atoms with Gasteiger partial charge in [-0.05, 0) is 6.92 Å². The van der Waals surface area contributed by atoms with Gasteiger partial charge in [-0.3, -0.25) is 9.78 Å². The molecule has 0 aliphatic rings. The van der Waals surface area contributed by atoms with Crippen molar-refractivity contribution in [3.8, 4) is 0 Å². The normalized spacial score (nSPS) is 10.3. The highest BCUT2D eigenvalue weighted by atomic mass is 16.1. The van der Waals surface area contributed by atoms with Gasteiger partial charge in [-0.25, -0.2) is 9.67 Å². The van der Waals surface area contributed by atoms with E-state index in [1.54, 1.807) is 31.7 Å². The third-order valence-electron chi connectivity index (χ3n) is 3.04. The van der Waals surface area contributed by atoms with Crippen LogP contribution in [0.2, 0.25) is 0 Å². The van der Waals surface area contributed by atoms with Gasteiger partial charge in [0.25, 0.3) is 5.56 Å². The number of hydrogen-bond donors (Lipinski definition) is 1.